The Hall–Kier alpha value is -0.850. The molecule has 3 aliphatic rings. The fourth-order valence-corrected chi connectivity index (χ4v) is 3.82. The molecule has 3 heterocycles. The Labute approximate surface area is 140 Å². The van der Waals surface area contributed by atoms with Crippen molar-refractivity contribution < 1.29 is 9.47 Å². The maximum absolute atomic E-state index is 5.96. The second kappa shape index (κ2) is 8.31. The van der Waals surface area contributed by atoms with Crippen LogP contribution in [0.25, 0.3) is 0 Å². The SMILES string of the molecule is CCNC(=NCC1CCCN1C)N1CCOC(C2CCCO2)C1. The third kappa shape index (κ3) is 4.37. The van der Waals surface area contributed by atoms with Crippen LogP contribution in [0.5, 0.6) is 0 Å². The Kier molecular flexibility index (Phi) is 6.14. The molecule has 0 radical (unpaired) electrons. The minimum Gasteiger partial charge on any atom is -0.375 e. The second-order valence-corrected chi connectivity index (χ2v) is 6.88. The van der Waals surface area contributed by atoms with Crippen molar-refractivity contribution in [3.05, 3.63) is 0 Å². The standard InChI is InChI=1S/C17H32N4O2/c1-3-18-17(19-12-14-6-4-8-20(14)2)21-9-11-23-16(13-21)15-7-5-10-22-15/h14-16H,3-13H2,1-2H3,(H,18,19). The van der Waals surface area contributed by atoms with Gasteiger partial charge in [0.2, 0.25) is 0 Å². The lowest BCUT2D eigenvalue weighted by Crippen LogP contribution is -2.53. The first-order valence-corrected chi connectivity index (χ1v) is 9.24. The molecule has 3 unspecified atom stereocenters. The molecule has 0 aromatic carbocycles. The Morgan fingerprint density at radius 2 is 2.00 bits per heavy atom. The summed E-state index contributed by atoms with van der Waals surface area (Å²) in [4.78, 5) is 9.71. The lowest BCUT2D eigenvalue weighted by molar-refractivity contribution is -0.0817. The zero-order valence-corrected chi connectivity index (χ0v) is 14.7. The fraction of sp³-hybridized carbons (Fsp3) is 0.941. The van der Waals surface area contributed by atoms with E-state index in [0.717, 1.165) is 58.2 Å². The number of aliphatic imine (C=N–C) groups is 1. The van der Waals surface area contributed by atoms with E-state index in [1.54, 1.807) is 0 Å². The highest BCUT2D eigenvalue weighted by atomic mass is 16.5. The average Bonchev–Trinajstić information content (AvgIpc) is 3.23. The molecule has 1 N–H and O–H groups in total. The van der Waals surface area contributed by atoms with Crippen LogP contribution < -0.4 is 5.32 Å². The molecule has 3 atom stereocenters. The van der Waals surface area contributed by atoms with Gasteiger partial charge in [0, 0.05) is 32.3 Å². The zero-order chi connectivity index (χ0) is 16.1. The first kappa shape index (κ1) is 17.0. The molecule has 3 saturated heterocycles. The van der Waals surface area contributed by atoms with E-state index in [1.807, 2.05) is 0 Å². The molecule has 6 nitrogen and oxygen atoms in total. The summed E-state index contributed by atoms with van der Waals surface area (Å²) in [6.45, 7) is 8.57. The summed E-state index contributed by atoms with van der Waals surface area (Å²) in [7, 11) is 2.21. The van der Waals surface area contributed by atoms with Gasteiger partial charge in [0.05, 0.1) is 19.3 Å². The number of nitrogens with one attached hydrogen (secondary N) is 1. The summed E-state index contributed by atoms with van der Waals surface area (Å²) in [5.41, 5.74) is 0. The van der Waals surface area contributed by atoms with Crippen LogP contribution in [0.3, 0.4) is 0 Å². The van der Waals surface area contributed by atoms with Gasteiger partial charge in [-0.25, -0.2) is 0 Å². The van der Waals surface area contributed by atoms with E-state index in [2.05, 4.69) is 29.1 Å². The summed E-state index contributed by atoms with van der Waals surface area (Å²) < 4.78 is 11.8. The highest BCUT2D eigenvalue weighted by Crippen LogP contribution is 2.21. The lowest BCUT2D eigenvalue weighted by Gasteiger charge is -2.37. The number of rotatable bonds is 4. The molecule has 3 fully saturated rings. The maximum Gasteiger partial charge on any atom is 0.194 e. The number of nitrogens with zero attached hydrogens (tertiary/aromatic N) is 3. The van der Waals surface area contributed by atoms with Crippen molar-refractivity contribution >= 4 is 5.96 Å². The van der Waals surface area contributed by atoms with Gasteiger partial charge in [-0.3, -0.25) is 4.99 Å². The molecule has 132 valence electrons. The van der Waals surface area contributed by atoms with Crippen LogP contribution in [0.15, 0.2) is 4.99 Å². The monoisotopic (exact) mass is 324 g/mol. The van der Waals surface area contributed by atoms with E-state index in [-0.39, 0.29) is 12.2 Å². The largest absolute Gasteiger partial charge is 0.375 e. The van der Waals surface area contributed by atoms with Crippen molar-refractivity contribution in [2.24, 2.45) is 4.99 Å². The average molecular weight is 324 g/mol. The third-order valence-corrected chi connectivity index (χ3v) is 5.23. The van der Waals surface area contributed by atoms with Crippen molar-refractivity contribution in [2.45, 2.75) is 50.9 Å². The van der Waals surface area contributed by atoms with Gasteiger partial charge in [0.1, 0.15) is 6.10 Å². The first-order valence-electron chi connectivity index (χ1n) is 9.24. The number of likely N-dealkylation sites (tertiary alicyclic amines) is 1. The van der Waals surface area contributed by atoms with E-state index in [1.165, 1.54) is 19.4 Å². The van der Waals surface area contributed by atoms with Crippen molar-refractivity contribution in [2.75, 3.05) is 53.0 Å². The minimum atomic E-state index is 0.185. The molecule has 0 saturated carbocycles. The second-order valence-electron chi connectivity index (χ2n) is 6.88. The van der Waals surface area contributed by atoms with Crippen LogP contribution in [0.2, 0.25) is 0 Å². The van der Waals surface area contributed by atoms with Crippen molar-refractivity contribution in [1.29, 1.82) is 0 Å². The predicted octanol–water partition coefficient (Wildman–Crippen LogP) is 0.926. The first-order chi connectivity index (χ1) is 11.3. The van der Waals surface area contributed by atoms with Crippen molar-refractivity contribution in [3.8, 4) is 0 Å². The number of morpholine rings is 1. The van der Waals surface area contributed by atoms with E-state index < -0.39 is 0 Å². The number of guanidine groups is 1. The van der Waals surface area contributed by atoms with Crippen LogP contribution >= 0.6 is 0 Å². The van der Waals surface area contributed by atoms with E-state index >= 15 is 0 Å². The molecule has 3 rings (SSSR count). The normalized spacial score (nSPS) is 33.4. The van der Waals surface area contributed by atoms with Gasteiger partial charge >= 0.3 is 0 Å². The Balaban J connectivity index is 1.59. The summed E-state index contributed by atoms with van der Waals surface area (Å²) in [6.07, 6.45) is 5.30. The number of likely N-dealkylation sites (N-methyl/N-ethyl adjacent to an activating group) is 1. The van der Waals surface area contributed by atoms with Gasteiger partial charge < -0.3 is 24.6 Å². The van der Waals surface area contributed by atoms with Crippen LogP contribution in [0.1, 0.15) is 32.6 Å². The van der Waals surface area contributed by atoms with Gasteiger partial charge in [0.25, 0.3) is 0 Å². The molecule has 0 aliphatic carbocycles. The Morgan fingerprint density at radius 1 is 1.13 bits per heavy atom. The quantitative estimate of drug-likeness (QED) is 0.616. The third-order valence-electron chi connectivity index (χ3n) is 5.23. The van der Waals surface area contributed by atoms with E-state index in [9.17, 15) is 0 Å². The maximum atomic E-state index is 5.96. The Morgan fingerprint density at radius 3 is 2.70 bits per heavy atom. The van der Waals surface area contributed by atoms with Crippen LogP contribution in [0.4, 0.5) is 0 Å². The molecule has 23 heavy (non-hydrogen) atoms. The number of hydrogen-bond donors (Lipinski definition) is 1. The van der Waals surface area contributed by atoms with E-state index in [0.29, 0.717) is 6.04 Å². The fourth-order valence-electron chi connectivity index (χ4n) is 3.82. The van der Waals surface area contributed by atoms with Gasteiger partial charge in [-0.05, 0) is 46.2 Å². The molecule has 0 amide bonds. The van der Waals surface area contributed by atoms with Crippen molar-refractivity contribution in [1.82, 2.24) is 15.1 Å². The van der Waals surface area contributed by atoms with Crippen LogP contribution in [-0.4, -0.2) is 87.0 Å². The predicted molar refractivity (Wildman–Crippen MR) is 91.9 cm³/mol. The topological polar surface area (TPSA) is 49.3 Å². The van der Waals surface area contributed by atoms with Gasteiger partial charge in [-0.15, -0.1) is 0 Å². The molecular weight excluding hydrogens is 292 g/mol. The zero-order valence-electron chi connectivity index (χ0n) is 14.7. The van der Waals surface area contributed by atoms with Crippen molar-refractivity contribution in [3.63, 3.8) is 0 Å². The van der Waals surface area contributed by atoms with Gasteiger partial charge in [0.15, 0.2) is 5.96 Å². The van der Waals surface area contributed by atoms with Crippen LogP contribution in [-0.2, 0) is 9.47 Å². The molecule has 0 bridgehead atoms. The molecule has 0 spiro atoms. The van der Waals surface area contributed by atoms with Gasteiger partial charge in [-0.1, -0.05) is 0 Å². The summed E-state index contributed by atoms with van der Waals surface area (Å²) in [5.74, 6) is 1.04. The minimum absolute atomic E-state index is 0.185. The highest BCUT2D eigenvalue weighted by Gasteiger charge is 2.32. The smallest absolute Gasteiger partial charge is 0.194 e. The molecule has 0 aromatic rings. The van der Waals surface area contributed by atoms with Crippen LogP contribution in [0, 0.1) is 0 Å². The highest BCUT2D eigenvalue weighted by molar-refractivity contribution is 5.80. The summed E-state index contributed by atoms with van der Waals surface area (Å²) in [5, 5.41) is 3.46. The van der Waals surface area contributed by atoms with Gasteiger partial charge in [-0.2, -0.15) is 0 Å². The number of ether oxygens (including phenoxy) is 2. The molecule has 3 aliphatic heterocycles. The molecule has 6 heteroatoms. The molecule has 0 aromatic heterocycles. The Bertz CT molecular complexity index is 398. The molecular formula is C17H32N4O2. The lowest BCUT2D eigenvalue weighted by atomic mass is 10.1. The number of hydrogen-bond acceptors (Lipinski definition) is 4. The van der Waals surface area contributed by atoms with E-state index in [4.69, 9.17) is 14.5 Å². The summed E-state index contributed by atoms with van der Waals surface area (Å²) >= 11 is 0. The summed E-state index contributed by atoms with van der Waals surface area (Å²) in [6, 6.07) is 0.596.